The van der Waals surface area contributed by atoms with E-state index in [-0.39, 0.29) is 5.91 Å². The number of nitrogens with two attached hydrogens (primary N) is 1. The molecule has 1 heterocycles. The molecular formula is C16H19N3O. The summed E-state index contributed by atoms with van der Waals surface area (Å²) in [6.45, 7) is 0.574. The van der Waals surface area contributed by atoms with Gasteiger partial charge in [0, 0.05) is 30.1 Å². The van der Waals surface area contributed by atoms with Crippen LogP contribution in [0.25, 0.3) is 10.9 Å². The van der Waals surface area contributed by atoms with Gasteiger partial charge in [-0.15, -0.1) is 12.3 Å². The highest BCUT2D eigenvalue weighted by Gasteiger charge is 2.15. The molecule has 0 spiro atoms. The van der Waals surface area contributed by atoms with Crippen molar-refractivity contribution in [2.24, 2.45) is 5.73 Å². The maximum Gasteiger partial charge on any atom is 0.237 e. The molecule has 0 bridgehead atoms. The molecule has 20 heavy (non-hydrogen) atoms. The third kappa shape index (κ3) is 3.40. The van der Waals surface area contributed by atoms with Gasteiger partial charge in [-0.05, 0) is 24.5 Å². The van der Waals surface area contributed by atoms with Gasteiger partial charge in [-0.2, -0.15) is 0 Å². The van der Waals surface area contributed by atoms with E-state index >= 15 is 0 Å². The largest absolute Gasteiger partial charge is 0.361 e. The molecule has 0 fully saturated rings. The van der Waals surface area contributed by atoms with Gasteiger partial charge in [-0.3, -0.25) is 4.79 Å². The zero-order valence-corrected chi connectivity index (χ0v) is 11.4. The molecule has 1 aromatic heterocycles. The highest BCUT2D eigenvalue weighted by molar-refractivity contribution is 5.86. The van der Waals surface area contributed by atoms with Crippen LogP contribution >= 0.6 is 0 Å². The number of unbranched alkanes of at least 4 members (excludes halogenated alkanes) is 1. The molecule has 1 atom stereocenters. The first-order valence-corrected chi connectivity index (χ1v) is 6.74. The number of aromatic amines is 1. The van der Waals surface area contributed by atoms with Crippen molar-refractivity contribution in [1.29, 1.82) is 0 Å². The number of hydrogen-bond acceptors (Lipinski definition) is 2. The summed E-state index contributed by atoms with van der Waals surface area (Å²) in [5.74, 6) is 2.41. The number of fused-ring (bicyclic) bond motifs is 1. The molecule has 2 rings (SSSR count). The van der Waals surface area contributed by atoms with Crippen LogP contribution in [0, 0.1) is 12.3 Å². The van der Waals surface area contributed by atoms with Crippen LogP contribution in [-0.4, -0.2) is 23.5 Å². The van der Waals surface area contributed by atoms with Crippen molar-refractivity contribution in [2.45, 2.75) is 25.3 Å². The number of benzene rings is 1. The third-order valence-corrected chi connectivity index (χ3v) is 3.25. The minimum Gasteiger partial charge on any atom is -0.361 e. The Labute approximate surface area is 118 Å². The van der Waals surface area contributed by atoms with Gasteiger partial charge in [0.25, 0.3) is 0 Å². The molecule has 4 heteroatoms. The molecule has 4 N–H and O–H groups in total. The molecule has 1 aromatic carbocycles. The third-order valence-electron chi connectivity index (χ3n) is 3.25. The maximum absolute atomic E-state index is 11.9. The van der Waals surface area contributed by atoms with Gasteiger partial charge in [-0.25, -0.2) is 0 Å². The van der Waals surface area contributed by atoms with Crippen LogP contribution in [0.1, 0.15) is 18.4 Å². The second-order valence-electron chi connectivity index (χ2n) is 4.77. The van der Waals surface area contributed by atoms with Gasteiger partial charge in [0.05, 0.1) is 6.04 Å². The van der Waals surface area contributed by atoms with E-state index in [1.807, 2.05) is 30.5 Å². The summed E-state index contributed by atoms with van der Waals surface area (Å²) < 4.78 is 0. The second-order valence-corrected chi connectivity index (χ2v) is 4.77. The first kappa shape index (κ1) is 14.2. The number of hydrogen-bond donors (Lipinski definition) is 3. The fraction of sp³-hybridized carbons (Fsp3) is 0.312. The van der Waals surface area contributed by atoms with Crippen molar-refractivity contribution in [3.63, 3.8) is 0 Å². The summed E-state index contributed by atoms with van der Waals surface area (Å²) in [6, 6.07) is 7.44. The number of nitrogens with one attached hydrogen (secondary N) is 2. The molecule has 4 nitrogen and oxygen atoms in total. The van der Waals surface area contributed by atoms with E-state index in [0.717, 1.165) is 22.9 Å². The van der Waals surface area contributed by atoms with Crippen LogP contribution in [0.5, 0.6) is 0 Å². The molecule has 0 unspecified atom stereocenters. The Hall–Kier alpha value is -2.25. The first-order chi connectivity index (χ1) is 9.72. The quantitative estimate of drug-likeness (QED) is 0.550. The number of carbonyl (C=O) groups excluding carboxylic acids is 1. The predicted molar refractivity (Wildman–Crippen MR) is 81.1 cm³/mol. The number of rotatable bonds is 6. The topological polar surface area (TPSA) is 70.9 Å². The number of amides is 1. The van der Waals surface area contributed by atoms with Gasteiger partial charge in [-0.1, -0.05) is 18.2 Å². The summed E-state index contributed by atoms with van der Waals surface area (Å²) in [7, 11) is 0. The lowest BCUT2D eigenvalue weighted by Gasteiger charge is -2.11. The van der Waals surface area contributed by atoms with Crippen molar-refractivity contribution < 1.29 is 4.79 Å². The highest BCUT2D eigenvalue weighted by Crippen LogP contribution is 2.18. The zero-order valence-electron chi connectivity index (χ0n) is 11.4. The SMILES string of the molecule is C#CCCCNC(=O)[C@H](N)Cc1c[nH]c2ccccc12. The van der Waals surface area contributed by atoms with Crippen LogP contribution in [0.4, 0.5) is 0 Å². The van der Waals surface area contributed by atoms with E-state index in [4.69, 9.17) is 12.2 Å². The van der Waals surface area contributed by atoms with Crippen molar-refractivity contribution in [3.8, 4) is 12.3 Å². The number of para-hydroxylation sites is 1. The lowest BCUT2D eigenvalue weighted by atomic mass is 10.1. The van der Waals surface area contributed by atoms with Gasteiger partial charge in [0.1, 0.15) is 0 Å². The lowest BCUT2D eigenvalue weighted by molar-refractivity contribution is -0.122. The monoisotopic (exact) mass is 269 g/mol. The van der Waals surface area contributed by atoms with E-state index in [1.54, 1.807) is 0 Å². The van der Waals surface area contributed by atoms with Crippen molar-refractivity contribution in [3.05, 3.63) is 36.0 Å². The van der Waals surface area contributed by atoms with Gasteiger partial charge >= 0.3 is 0 Å². The molecule has 0 radical (unpaired) electrons. The lowest BCUT2D eigenvalue weighted by Crippen LogP contribution is -2.42. The molecule has 0 aliphatic carbocycles. The van der Waals surface area contributed by atoms with E-state index in [0.29, 0.717) is 19.4 Å². The fourth-order valence-electron chi connectivity index (χ4n) is 2.16. The van der Waals surface area contributed by atoms with Crippen LogP contribution in [0.2, 0.25) is 0 Å². The van der Waals surface area contributed by atoms with Crippen molar-refractivity contribution >= 4 is 16.8 Å². The Morgan fingerprint density at radius 2 is 2.25 bits per heavy atom. The zero-order chi connectivity index (χ0) is 14.4. The van der Waals surface area contributed by atoms with E-state index in [1.165, 1.54) is 0 Å². The Balaban J connectivity index is 1.92. The number of H-pyrrole nitrogens is 1. The predicted octanol–water partition coefficient (Wildman–Crippen LogP) is 1.57. The van der Waals surface area contributed by atoms with Crippen LogP contribution in [0.15, 0.2) is 30.5 Å². The molecular weight excluding hydrogens is 250 g/mol. The molecule has 1 amide bonds. The first-order valence-electron chi connectivity index (χ1n) is 6.74. The Morgan fingerprint density at radius 1 is 1.45 bits per heavy atom. The van der Waals surface area contributed by atoms with Crippen LogP contribution < -0.4 is 11.1 Å². The van der Waals surface area contributed by atoms with Gasteiger partial charge < -0.3 is 16.0 Å². The Morgan fingerprint density at radius 3 is 3.05 bits per heavy atom. The molecule has 0 aliphatic rings. The Bertz CT molecular complexity index is 624. The summed E-state index contributed by atoms with van der Waals surface area (Å²) >= 11 is 0. The van der Waals surface area contributed by atoms with Crippen LogP contribution in [-0.2, 0) is 11.2 Å². The molecule has 0 aliphatic heterocycles. The number of terminal acetylenes is 1. The molecule has 0 saturated heterocycles. The summed E-state index contributed by atoms with van der Waals surface area (Å²) in [5.41, 5.74) is 8.07. The Kier molecular flexibility index (Phi) is 4.80. The van der Waals surface area contributed by atoms with Crippen LogP contribution in [0.3, 0.4) is 0 Å². The smallest absolute Gasteiger partial charge is 0.237 e. The minimum atomic E-state index is -0.542. The van der Waals surface area contributed by atoms with Gasteiger partial charge in [0.15, 0.2) is 0 Å². The van der Waals surface area contributed by atoms with Gasteiger partial charge in [0.2, 0.25) is 5.91 Å². The maximum atomic E-state index is 11.9. The molecule has 104 valence electrons. The molecule has 2 aromatic rings. The van der Waals surface area contributed by atoms with E-state index in [2.05, 4.69) is 16.2 Å². The molecule has 0 saturated carbocycles. The average molecular weight is 269 g/mol. The van der Waals surface area contributed by atoms with Crippen molar-refractivity contribution in [1.82, 2.24) is 10.3 Å². The van der Waals surface area contributed by atoms with E-state index < -0.39 is 6.04 Å². The average Bonchev–Trinajstić information content (AvgIpc) is 2.87. The summed E-state index contributed by atoms with van der Waals surface area (Å²) in [5, 5.41) is 3.92. The number of aromatic nitrogens is 1. The van der Waals surface area contributed by atoms with Crippen molar-refractivity contribution in [2.75, 3.05) is 6.54 Å². The number of carbonyl (C=O) groups is 1. The summed E-state index contributed by atoms with van der Waals surface area (Å²) in [6.07, 6.45) is 9.03. The minimum absolute atomic E-state index is 0.132. The summed E-state index contributed by atoms with van der Waals surface area (Å²) in [4.78, 5) is 15.1. The van der Waals surface area contributed by atoms with E-state index in [9.17, 15) is 4.79 Å². The fourth-order valence-corrected chi connectivity index (χ4v) is 2.16. The normalized spacial score (nSPS) is 12.0. The standard InChI is InChI=1S/C16H19N3O/c1-2-3-6-9-18-16(20)14(17)10-12-11-19-15-8-5-4-7-13(12)15/h1,4-5,7-8,11,14,19H,3,6,9-10,17H2,(H,18,20)/t14-/m1/s1. The highest BCUT2D eigenvalue weighted by atomic mass is 16.2. The second kappa shape index (κ2) is 6.78.